The van der Waals surface area contributed by atoms with Crippen LogP contribution in [-0.2, 0) is 11.3 Å². The van der Waals surface area contributed by atoms with E-state index in [1.54, 1.807) is 47.5 Å². The first kappa shape index (κ1) is 15.1. The number of primary amides is 1. The number of amides is 2. The highest BCUT2D eigenvalue weighted by atomic mass is 32.1. The van der Waals surface area contributed by atoms with Gasteiger partial charge in [0.25, 0.3) is 11.8 Å². The maximum atomic E-state index is 12.3. The minimum Gasteiger partial charge on any atom is -0.484 e. The van der Waals surface area contributed by atoms with Crippen molar-refractivity contribution in [3.8, 4) is 5.75 Å². The lowest BCUT2D eigenvalue weighted by molar-refractivity contribution is -0.119. The van der Waals surface area contributed by atoms with Crippen LogP contribution in [0.15, 0.2) is 41.1 Å². The largest absolute Gasteiger partial charge is 0.484 e. The second-order valence-electron chi connectivity index (χ2n) is 4.57. The molecule has 0 aliphatic heterocycles. The van der Waals surface area contributed by atoms with Crippen molar-refractivity contribution in [2.24, 2.45) is 5.73 Å². The zero-order chi connectivity index (χ0) is 15.2. The van der Waals surface area contributed by atoms with Crippen molar-refractivity contribution in [2.45, 2.75) is 6.54 Å². The molecule has 5 nitrogen and oxygen atoms in total. The Morgan fingerprint density at radius 2 is 1.95 bits per heavy atom. The molecule has 1 heterocycles. The van der Waals surface area contributed by atoms with Gasteiger partial charge in [0.2, 0.25) is 0 Å². The Kier molecular flexibility index (Phi) is 4.94. The number of carbonyl (C=O) groups is 2. The third-order valence-corrected chi connectivity index (χ3v) is 3.56. The Labute approximate surface area is 126 Å². The number of nitrogens with two attached hydrogens (primary N) is 1. The summed E-state index contributed by atoms with van der Waals surface area (Å²) >= 11 is 1.61. The molecule has 0 unspecified atom stereocenters. The van der Waals surface area contributed by atoms with Gasteiger partial charge >= 0.3 is 0 Å². The number of thiophene rings is 1. The van der Waals surface area contributed by atoms with E-state index in [4.69, 9.17) is 10.5 Å². The Hall–Kier alpha value is -2.34. The van der Waals surface area contributed by atoms with Crippen LogP contribution in [0, 0.1) is 0 Å². The SMILES string of the molecule is CN(Cc1ccsc1)C(=O)c1ccc(OCC(N)=O)cc1. The van der Waals surface area contributed by atoms with Crippen LogP contribution in [0.1, 0.15) is 15.9 Å². The topological polar surface area (TPSA) is 72.6 Å². The Bertz CT molecular complexity index is 608. The molecular formula is C15H16N2O3S. The standard InChI is InChI=1S/C15H16N2O3S/c1-17(8-11-6-7-21-10-11)15(19)12-2-4-13(5-3-12)20-9-14(16)18/h2-7,10H,8-9H2,1H3,(H2,16,18). The van der Waals surface area contributed by atoms with E-state index in [-0.39, 0.29) is 12.5 Å². The highest BCUT2D eigenvalue weighted by Crippen LogP contribution is 2.15. The van der Waals surface area contributed by atoms with Crippen molar-refractivity contribution in [1.29, 1.82) is 0 Å². The summed E-state index contributed by atoms with van der Waals surface area (Å²) in [5.74, 6) is -0.0980. The quantitative estimate of drug-likeness (QED) is 0.885. The lowest BCUT2D eigenvalue weighted by Gasteiger charge is -2.16. The fourth-order valence-corrected chi connectivity index (χ4v) is 2.46. The lowest BCUT2D eigenvalue weighted by Crippen LogP contribution is -2.26. The first-order valence-electron chi connectivity index (χ1n) is 6.34. The number of ether oxygens (including phenoxy) is 1. The summed E-state index contributed by atoms with van der Waals surface area (Å²) in [6.07, 6.45) is 0. The van der Waals surface area contributed by atoms with Gasteiger partial charge in [-0.05, 0) is 46.7 Å². The van der Waals surface area contributed by atoms with Gasteiger partial charge in [-0.1, -0.05) is 0 Å². The first-order valence-corrected chi connectivity index (χ1v) is 7.28. The Morgan fingerprint density at radius 1 is 1.24 bits per heavy atom. The first-order chi connectivity index (χ1) is 10.1. The molecule has 6 heteroatoms. The van der Waals surface area contributed by atoms with Gasteiger partial charge < -0.3 is 15.4 Å². The summed E-state index contributed by atoms with van der Waals surface area (Å²) in [5, 5.41) is 4.00. The van der Waals surface area contributed by atoms with Crippen LogP contribution < -0.4 is 10.5 Å². The fraction of sp³-hybridized carbons (Fsp3) is 0.200. The maximum Gasteiger partial charge on any atom is 0.255 e. The van der Waals surface area contributed by atoms with Crippen molar-refractivity contribution in [2.75, 3.05) is 13.7 Å². The van der Waals surface area contributed by atoms with Crippen molar-refractivity contribution < 1.29 is 14.3 Å². The van der Waals surface area contributed by atoms with Crippen LogP contribution in [-0.4, -0.2) is 30.4 Å². The molecule has 2 rings (SSSR count). The normalized spacial score (nSPS) is 10.1. The molecule has 2 N–H and O–H groups in total. The molecule has 2 aromatic rings. The van der Waals surface area contributed by atoms with E-state index in [0.717, 1.165) is 5.56 Å². The van der Waals surface area contributed by atoms with Crippen LogP contribution in [0.25, 0.3) is 0 Å². The number of hydrogen-bond donors (Lipinski definition) is 1. The van der Waals surface area contributed by atoms with Gasteiger partial charge in [0.05, 0.1) is 0 Å². The number of rotatable bonds is 6. The molecule has 0 atom stereocenters. The number of nitrogens with zero attached hydrogens (tertiary/aromatic N) is 1. The number of carbonyl (C=O) groups excluding carboxylic acids is 2. The molecule has 21 heavy (non-hydrogen) atoms. The molecule has 0 aliphatic carbocycles. The summed E-state index contributed by atoms with van der Waals surface area (Å²) in [7, 11) is 1.76. The van der Waals surface area contributed by atoms with Gasteiger partial charge in [-0.25, -0.2) is 0 Å². The molecular weight excluding hydrogens is 288 g/mol. The smallest absolute Gasteiger partial charge is 0.255 e. The fourth-order valence-electron chi connectivity index (χ4n) is 1.80. The zero-order valence-corrected chi connectivity index (χ0v) is 12.4. The second-order valence-corrected chi connectivity index (χ2v) is 5.35. The van der Waals surface area contributed by atoms with E-state index in [9.17, 15) is 9.59 Å². The summed E-state index contributed by atoms with van der Waals surface area (Å²) in [4.78, 5) is 24.5. The minimum absolute atomic E-state index is 0.0670. The van der Waals surface area contributed by atoms with Gasteiger partial charge in [-0.2, -0.15) is 11.3 Å². The molecule has 0 radical (unpaired) electrons. The van der Waals surface area contributed by atoms with E-state index in [1.807, 2.05) is 16.8 Å². The molecule has 0 spiro atoms. The van der Waals surface area contributed by atoms with Crippen molar-refractivity contribution in [3.05, 3.63) is 52.2 Å². The van der Waals surface area contributed by atoms with Crippen molar-refractivity contribution >= 4 is 23.2 Å². The van der Waals surface area contributed by atoms with E-state index in [0.29, 0.717) is 17.9 Å². The van der Waals surface area contributed by atoms with Crippen molar-refractivity contribution in [1.82, 2.24) is 4.90 Å². The summed E-state index contributed by atoms with van der Waals surface area (Å²) in [5.41, 5.74) is 6.68. The third kappa shape index (κ3) is 4.32. The van der Waals surface area contributed by atoms with Gasteiger partial charge in [0, 0.05) is 19.2 Å². The molecule has 0 fully saturated rings. The summed E-state index contributed by atoms with van der Waals surface area (Å²) in [6.45, 7) is 0.396. The average molecular weight is 304 g/mol. The van der Waals surface area contributed by atoms with E-state index in [2.05, 4.69) is 0 Å². The predicted molar refractivity (Wildman–Crippen MR) is 81.2 cm³/mol. The van der Waals surface area contributed by atoms with Gasteiger partial charge in [-0.3, -0.25) is 9.59 Å². The molecule has 1 aromatic carbocycles. The summed E-state index contributed by atoms with van der Waals surface area (Å²) < 4.78 is 5.15. The highest BCUT2D eigenvalue weighted by Gasteiger charge is 2.12. The third-order valence-electron chi connectivity index (χ3n) is 2.83. The molecule has 110 valence electrons. The van der Waals surface area contributed by atoms with E-state index in [1.165, 1.54) is 0 Å². The van der Waals surface area contributed by atoms with Crippen LogP contribution in [0.5, 0.6) is 5.75 Å². The van der Waals surface area contributed by atoms with Gasteiger partial charge in [-0.15, -0.1) is 0 Å². The molecule has 2 amide bonds. The van der Waals surface area contributed by atoms with Gasteiger partial charge in [0.1, 0.15) is 5.75 Å². The zero-order valence-electron chi connectivity index (χ0n) is 11.6. The predicted octanol–water partition coefficient (Wildman–Crippen LogP) is 1.88. The second kappa shape index (κ2) is 6.90. The minimum atomic E-state index is -0.536. The molecule has 1 aromatic heterocycles. The number of hydrogen-bond acceptors (Lipinski definition) is 4. The molecule has 0 bridgehead atoms. The van der Waals surface area contributed by atoms with Crippen LogP contribution in [0.3, 0.4) is 0 Å². The average Bonchev–Trinajstić information content (AvgIpc) is 2.97. The molecule has 0 aliphatic rings. The van der Waals surface area contributed by atoms with E-state index >= 15 is 0 Å². The van der Waals surface area contributed by atoms with Gasteiger partial charge in [0.15, 0.2) is 6.61 Å². The van der Waals surface area contributed by atoms with Crippen LogP contribution in [0.2, 0.25) is 0 Å². The molecule has 0 saturated carbocycles. The number of benzene rings is 1. The maximum absolute atomic E-state index is 12.3. The molecule has 0 saturated heterocycles. The summed E-state index contributed by atoms with van der Waals surface area (Å²) in [6, 6.07) is 8.63. The highest BCUT2D eigenvalue weighted by molar-refractivity contribution is 7.07. The van der Waals surface area contributed by atoms with Crippen molar-refractivity contribution in [3.63, 3.8) is 0 Å². The van der Waals surface area contributed by atoms with Crippen LogP contribution in [0.4, 0.5) is 0 Å². The Morgan fingerprint density at radius 3 is 2.52 bits per heavy atom. The van der Waals surface area contributed by atoms with E-state index < -0.39 is 5.91 Å². The van der Waals surface area contributed by atoms with Crippen LogP contribution >= 0.6 is 11.3 Å². The Balaban J connectivity index is 1.97. The monoisotopic (exact) mass is 304 g/mol. The lowest BCUT2D eigenvalue weighted by atomic mass is 10.2.